The maximum Gasteiger partial charge on any atom is 0.258 e. The number of carbonyl (C=O) groups excluding carboxylic acids is 1. The van der Waals surface area contributed by atoms with Gasteiger partial charge in [-0.05, 0) is 56.7 Å². The van der Waals surface area contributed by atoms with Crippen LogP contribution in [0, 0.1) is 20.8 Å². The average molecular weight is 444 g/mol. The topological polar surface area (TPSA) is 71.3 Å². The molecule has 0 unspecified atom stereocenters. The lowest BCUT2D eigenvalue weighted by atomic mass is 10.2. The molecule has 8 heteroatoms. The van der Waals surface area contributed by atoms with E-state index < -0.39 is 0 Å². The van der Waals surface area contributed by atoms with Crippen molar-refractivity contribution < 1.29 is 4.79 Å². The highest BCUT2D eigenvalue weighted by Gasteiger charge is 2.13. The normalized spacial score (nSPS) is 11.5. The summed E-state index contributed by atoms with van der Waals surface area (Å²) in [6.45, 7) is 6.24. The van der Waals surface area contributed by atoms with Crippen molar-refractivity contribution in [1.29, 1.82) is 0 Å². The molecule has 1 aromatic heterocycles. The summed E-state index contributed by atoms with van der Waals surface area (Å²) in [6.07, 6.45) is 0. The zero-order valence-corrected chi connectivity index (χ0v) is 18.8. The number of halogens is 2. The van der Waals surface area contributed by atoms with Gasteiger partial charge in [-0.3, -0.25) is 14.8 Å². The smallest absolute Gasteiger partial charge is 0.258 e. The van der Waals surface area contributed by atoms with Gasteiger partial charge in [-0.2, -0.15) is 5.10 Å². The Morgan fingerprint density at radius 2 is 1.83 bits per heavy atom. The van der Waals surface area contributed by atoms with Crippen molar-refractivity contribution >= 4 is 40.8 Å². The van der Waals surface area contributed by atoms with Crippen LogP contribution in [0.4, 0.5) is 5.69 Å². The number of benzene rings is 2. The molecule has 156 valence electrons. The fourth-order valence-electron chi connectivity index (χ4n) is 2.98. The van der Waals surface area contributed by atoms with E-state index in [0.29, 0.717) is 28.1 Å². The number of aryl methyl sites for hydroxylation is 3. The third kappa shape index (κ3) is 5.20. The summed E-state index contributed by atoms with van der Waals surface area (Å²) in [5.74, 6) is -0.00365. The van der Waals surface area contributed by atoms with Crippen LogP contribution in [0.5, 0.6) is 0 Å². The monoisotopic (exact) mass is 443 g/mol. The first-order chi connectivity index (χ1) is 14.2. The zero-order chi connectivity index (χ0) is 21.8. The average Bonchev–Trinajstić information content (AvgIpc) is 2.94. The predicted octanol–water partition coefficient (Wildman–Crippen LogP) is 5.05. The van der Waals surface area contributed by atoms with Crippen molar-refractivity contribution in [2.24, 2.45) is 12.0 Å². The molecule has 3 rings (SSSR count). The Hall–Kier alpha value is -2.83. The number of rotatable bonds is 4. The molecule has 0 aliphatic carbocycles. The quantitative estimate of drug-likeness (QED) is 0.437. The minimum atomic E-state index is -0.317. The van der Waals surface area contributed by atoms with E-state index in [1.165, 1.54) is 0 Å². The second kappa shape index (κ2) is 9.32. The summed E-state index contributed by atoms with van der Waals surface area (Å²) in [4.78, 5) is 17.4. The van der Waals surface area contributed by atoms with Crippen LogP contribution >= 0.6 is 23.2 Å². The molecule has 0 aliphatic heterocycles. The van der Waals surface area contributed by atoms with E-state index in [0.717, 1.165) is 28.2 Å². The van der Waals surface area contributed by atoms with E-state index in [9.17, 15) is 4.79 Å². The number of nitrogens with zero attached hydrogens (tertiary/aromatic N) is 3. The number of aromatic nitrogens is 2. The van der Waals surface area contributed by atoms with Gasteiger partial charge in [0.25, 0.3) is 5.91 Å². The van der Waals surface area contributed by atoms with Gasteiger partial charge in [0.2, 0.25) is 5.96 Å². The first-order valence-electron chi connectivity index (χ1n) is 9.38. The van der Waals surface area contributed by atoms with E-state index in [1.807, 2.05) is 44.6 Å². The van der Waals surface area contributed by atoms with E-state index in [4.69, 9.17) is 23.2 Å². The fourth-order valence-corrected chi connectivity index (χ4v) is 3.34. The highest BCUT2D eigenvalue weighted by atomic mass is 35.5. The van der Waals surface area contributed by atoms with Crippen LogP contribution < -0.4 is 10.6 Å². The summed E-state index contributed by atoms with van der Waals surface area (Å²) in [6, 6.07) is 12.2. The fraction of sp³-hybridized carbons (Fsp3) is 0.227. The molecule has 0 saturated heterocycles. The molecule has 2 aromatic carbocycles. The minimum absolute atomic E-state index is 0.313. The predicted molar refractivity (Wildman–Crippen MR) is 123 cm³/mol. The molecule has 0 spiro atoms. The molecule has 0 fully saturated rings. The van der Waals surface area contributed by atoms with Gasteiger partial charge in [0, 0.05) is 39.6 Å². The van der Waals surface area contributed by atoms with E-state index in [2.05, 4.69) is 20.7 Å². The summed E-state index contributed by atoms with van der Waals surface area (Å²) in [7, 11) is 1.89. The van der Waals surface area contributed by atoms with Crippen LogP contribution in [-0.2, 0) is 13.6 Å². The third-order valence-electron chi connectivity index (χ3n) is 4.83. The summed E-state index contributed by atoms with van der Waals surface area (Å²) < 4.78 is 1.82. The first kappa shape index (κ1) is 21.9. The molecule has 6 nitrogen and oxygen atoms in total. The van der Waals surface area contributed by atoms with Crippen LogP contribution in [0.2, 0.25) is 10.0 Å². The Morgan fingerprint density at radius 1 is 1.10 bits per heavy atom. The number of anilines is 1. The van der Waals surface area contributed by atoms with Gasteiger partial charge in [-0.25, -0.2) is 4.99 Å². The van der Waals surface area contributed by atoms with Gasteiger partial charge in [0.05, 0.1) is 12.2 Å². The van der Waals surface area contributed by atoms with Gasteiger partial charge >= 0.3 is 0 Å². The van der Waals surface area contributed by atoms with E-state index in [1.54, 1.807) is 30.3 Å². The van der Waals surface area contributed by atoms with Crippen LogP contribution in [0.15, 0.2) is 47.5 Å². The lowest BCUT2D eigenvalue weighted by Gasteiger charge is -2.14. The van der Waals surface area contributed by atoms with Crippen molar-refractivity contribution in [2.75, 3.05) is 5.32 Å². The Labute approximate surface area is 185 Å². The van der Waals surface area contributed by atoms with Crippen LogP contribution in [-0.4, -0.2) is 21.6 Å². The van der Waals surface area contributed by atoms with Crippen molar-refractivity contribution in [2.45, 2.75) is 27.3 Å². The molecule has 0 aliphatic rings. The molecule has 3 aromatic rings. The molecule has 0 bridgehead atoms. The number of nitrogens with one attached hydrogen (secondary N) is 2. The molecule has 2 N–H and O–H groups in total. The molecular formula is C22H23Cl2N5O. The Balaban J connectivity index is 1.91. The number of hydrogen-bond acceptors (Lipinski definition) is 3. The minimum Gasteiger partial charge on any atom is -0.326 e. The SMILES string of the molecule is Cc1ccc(Cl)cc1NC(=NCc1c(C)nn(C)c1C)NC(=O)c1cccc(Cl)c1. The standard InChI is InChI=1S/C22H23Cl2N5O/c1-13-8-9-18(24)11-20(13)26-22(25-12-19-14(2)28-29(4)15(19)3)27-21(30)16-6-5-7-17(23)10-16/h5-11H,12H2,1-4H3,(H2,25,26,27,30). The van der Waals surface area contributed by atoms with Gasteiger partial charge in [0.15, 0.2) is 0 Å². The lowest BCUT2D eigenvalue weighted by Crippen LogP contribution is -2.36. The van der Waals surface area contributed by atoms with Gasteiger partial charge in [-0.15, -0.1) is 0 Å². The maximum atomic E-state index is 12.8. The van der Waals surface area contributed by atoms with Crippen molar-refractivity contribution in [3.8, 4) is 0 Å². The molecule has 0 atom stereocenters. The summed E-state index contributed by atoms with van der Waals surface area (Å²) >= 11 is 12.2. The molecular weight excluding hydrogens is 421 g/mol. The number of carbonyl (C=O) groups is 1. The molecule has 1 amide bonds. The van der Waals surface area contributed by atoms with Crippen molar-refractivity contribution in [3.63, 3.8) is 0 Å². The maximum absolute atomic E-state index is 12.8. The van der Waals surface area contributed by atoms with Gasteiger partial charge in [0.1, 0.15) is 0 Å². The zero-order valence-electron chi connectivity index (χ0n) is 17.3. The molecule has 1 heterocycles. The summed E-state index contributed by atoms with van der Waals surface area (Å²) in [5, 5.41) is 11.5. The number of amides is 1. The lowest BCUT2D eigenvalue weighted by molar-refractivity contribution is 0.0977. The van der Waals surface area contributed by atoms with Gasteiger partial charge in [-0.1, -0.05) is 35.3 Å². The largest absolute Gasteiger partial charge is 0.326 e. The Morgan fingerprint density at radius 3 is 2.50 bits per heavy atom. The van der Waals surface area contributed by atoms with Crippen molar-refractivity contribution in [3.05, 3.63) is 80.6 Å². The Kier molecular flexibility index (Phi) is 6.80. The Bertz CT molecular complexity index is 1120. The van der Waals surface area contributed by atoms with Crippen LogP contribution in [0.1, 0.15) is 32.9 Å². The third-order valence-corrected chi connectivity index (χ3v) is 5.30. The highest BCUT2D eigenvalue weighted by Crippen LogP contribution is 2.20. The molecule has 30 heavy (non-hydrogen) atoms. The second-order valence-corrected chi connectivity index (χ2v) is 7.86. The first-order valence-corrected chi connectivity index (χ1v) is 10.1. The van der Waals surface area contributed by atoms with Crippen LogP contribution in [0.25, 0.3) is 0 Å². The van der Waals surface area contributed by atoms with Gasteiger partial charge < -0.3 is 5.32 Å². The highest BCUT2D eigenvalue weighted by molar-refractivity contribution is 6.31. The van der Waals surface area contributed by atoms with E-state index >= 15 is 0 Å². The van der Waals surface area contributed by atoms with E-state index in [-0.39, 0.29) is 5.91 Å². The number of guanidine groups is 1. The second-order valence-electron chi connectivity index (χ2n) is 6.99. The summed E-state index contributed by atoms with van der Waals surface area (Å²) in [5.41, 5.74) is 5.10. The number of aliphatic imine (C=N–C) groups is 1. The van der Waals surface area contributed by atoms with Crippen molar-refractivity contribution in [1.82, 2.24) is 15.1 Å². The molecule has 0 saturated carbocycles. The van der Waals surface area contributed by atoms with Crippen LogP contribution in [0.3, 0.4) is 0 Å². The number of hydrogen-bond donors (Lipinski definition) is 2. The molecule has 0 radical (unpaired) electrons.